The first-order valence-electron chi connectivity index (χ1n) is 9.09. The second-order valence-corrected chi connectivity index (χ2v) is 7.37. The molecule has 0 saturated carbocycles. The fourth-order valence-corrected chi connectivity index (χ4v) is 3.47. The van der Waals surface area contributed by atoms with Crippen LogP contribution in [-0.2, 0) is 0 Å². The Labute approximate surface area is 150 Å². The summed E-state index contributed by atoms with van der Waals surface area (Å²) < 4.78 is 1.91. The van der Waals surface area contributed by atoms with Crippen LogP contribution >= 0.6 is 0 Å². The maximum Gasteiger partial charge on any atom is 0.253 e. The fourth-order valence-electron chi connectivity index (χ4n) is 3.47. The van der Waals surface area contributed by atoms with Gasteiger partial charge in [0, 0.05) is 44.0 Å². The zero-order valence-electron chi connectivity index (χ0n) is 15.7. The van der Waals surface area contributed by atoms with Crippen LogP contribution in [0.15, 0.2) is 30.3 Å². The molecule has 0 unspecified atom stereocenters. The largest absolute Gasteiger partial charge is 0.336 e. The van der Waals surface area contributed by atoms with Crippen LogP contribution in [0.2, 0.25) is 0 Å². The highest BCUT2D eigenvalue weighted by Gasteiger charge is 2.22. The van der Waals surface area contributed by atoms with E-state index in [-0.39, 0.29) is 5.91 Å². The standard InChI is InChI=1S/C20H28N4O/c1-15(2)14-22-9-11-23(12-10-22)20(25)18-5-7-19(8-6-18)24-17(4)13-16(3)21-24/h5-8,13,15H,9-12,14H2,1-4H3. The molecule has 2 aromatic rings. The molecule has 2 heterocycles. The highest BCUT2D eigenvalue weighted by molar-refractivity contribution is 5.94. The van der Waals surface area contributed by atoms with Crippen LogP contribution < -0.4 is 0 Å². The molecule has 1 saturated heterocycles. The Bertz CT molecular complexity index is 725. The van der Waals surface area contributed by atoms with Crippen molar-refractivity contribution in [1.82, 2.24) is 19.6 Å². The molecule has 0 bridgehead atoms. The van der Waals surface area contributed by atoms with Crippen molar-refractivity contribution in [3.8, 4) is 5.69 Å². The quantitative estimate of drug-likeness (QED) is 0.859. The first kappa shape index (κ1) is 17.7. The minimum atomic E-state index is 0.129. The third-order valence-corrected chi connectivity index (χ3v) is 4.65. The number of aromatic nitrogens is 2. The fraction of sp³-hybridized carbons (Fsp3) is 0.500. The highest BCUT2D eigenvalue weighted by Crippen LogP contribution is 2.15. The molecule has 1 aromatic heterocycles. The van der Waals surface area contributed by atoms with Gasteiger partial charge in [0.25, 0.3) is 5.91 Å². The number of hydrogen-bond acceptors (Lipinski definition) is 3. The van der Waals surface area contributed by atoms with Crippen molar-refractivity contribution in [3.63, 3.8) is 0 Å². The number of amides is 1. The number of carbonyl (C=O) groups excluding carboxylic acids is 1. The summed E-state index contributed by atoms with van der Waals surface area (Å²) in [6.45, 7) is 13.2. The topological polar surface area (TPSA) is 41.4 Å². The summed E-state index contributed by atoms with van der Waals surface area (Å²) in [5, 5.41) is 4.49. The van der Waals surface area contributed by atoms with Gasteiger partial charge in [-0.05, 0) is 50.1 Å². The van der Waals surface area contributed by atoms with Crippen LogP contribution in [0.25, 0.3) is 5.69 Å². The lowest BCUT2D eigenvalue weighted by atomic mass is 10.1. The molecule has 1 aromatic carbocycles. The molecule has 1 fully saturated rings. The number of benzene rings is 1. The lowest BCUT2D eigenvalue weighted by Gasteiger charge is -2.35. The third-order valence-electron chi connectivity index (χ3n) is 4.65. The first-order chi connectivity index (χ1) is 11.9. The molecular formula is C20H28N4O. The van der Waals surface area contributed by atoms with Crippen LogP contribution in [0.4, 0.5) is 0 Å². The summed E-state index contributed by atoms with van der Waals surface area (Å²) in [4.78, 5) is 17.1. The van der Waals surface area contributed by atoms with E-state index >= 15 is 0 Å². The van der Waals surface area contributed by atoms with Gasteiger partial charge in [-0.25, -0.2) is 4.68 Å². The molecule has 0 atom stereocenters. The number of rotatable bonds is 4. The predicted molar refractivity (Wildman–Crippen MR) is 100 cm³/mol. The average molecular weight is 340 g/mol. The van der Waals surface area contributed by atoms with Gasteiger partial charge in [-0.3, -0.25) is 9.69 Å². The molecule has 0 spiro atoms. The molecule has 0 N–H and O–H groups in total. The van der Waals surface area contributed by atoms with E-state index in [2.05, 4.69) is 29.9 Å². The van der Waals surface area contributed by atoms with Gasteiger partial charge >= 0.3 is 0 Å². The number of hydrogen-bond donors (Lipinski definition) is 0. The molecule has 134 valence electrons. The van der Waals surface area contributed by atoms with E-state index in [9.17, 15) is 4.79 Å². The zero-order chi connectivity index (χ0) is 18.0. The van der Waals surface area contributed by atoms with Crippen molar-refractivity contribution in [2.45, 2.75) is 27.7 Å². The number of carbonyl (C=O) groups is 1. The van der Waals surface area contributed by atoms with Gasteiger partial charge in [0.2, 0.25) is 0 Å². The van der Waals surface area contributed by atoms with Gasteiger partial charge in [0.1, 0.15) is 0 Å². The van der Waals surface area contributed by atoms with Gasteiger partial charge in [0.15, 0.2) is 0 Å². The van der Waals surface area contributed by atoms with Crippen molar-refractivity contribution in [2.75, 3.05) is 32.7 Å². The number of piperazine rings is 1. The maximum atomic E-state index is 12.7. The van der Waals surface area contributed by atoms with Gasteiger partial charge in [-0.2, -0.15) is 5.10 Å². The van der Waals surface area contributed by atoms with Crippen LogP contribution in [0.3, 0.4) is 0 Å². The molecule has 1 amide bonds. The lowest BCUT2D eigenvalue weighted by molar-refractivity contribution is 0.0624. The van der Waals surface area contributed by atoms with Gasteiger partial charge in [0.05, 0.1) is 11.4 Å². The van der Waals surface area contributed by atoms with Crippen LogP contribution in [0, 0.1) is 19.8 Å². The van der Waals surface area contributed by atoms with Crippen molar-refractivity contribution in [2.24, 2.45) is 5.92 Å². The van der Waals surface area contributed by atoms with Gasteiger partial charge in [-0.1, -0.05) is 13.8 Å². The van der Waals surface area contributed by atoms with Crippen molar-refractivity contribution >= 4 is 5.91 Å². The molecule has 1 aliphatic heterocycles. The van der Waals surface area contributed by atoms with E-state index in [1.54, 1.807) is 0 Å². The van der Waals surface area contributed by atoms with E-state index in [1.807, 2.05) is 47.7 Å². The Morgan fingerprint density at radius 2 is 1.72 bits per heavy atom. The van der Waals surface area contributed by atoms with E-state index in [0.717, 1.165) is 55.4 Å². The molecule has 5 nitrogen and oxygen atoms in total. The van der Waals surface area contributed by atoms with Crippen molar-refractivity contribution < 1.29 is 4.79 Å². The zero-order valence-corrected chi connectivity index (χ0v) is 15.7. The summed E-state index contributed by atoms with van der Waals surface area (Å²) in [6, 6.07) is 9.82. The summed E-state index contributed by atoms with van der Waals surface area (Å²) >= 11 is 0. The molecule has 0 radical (unpaired) electrons. The van der Waals surface area contributed by atoms with Crippen LogP contribution in [0.1, 0.15) is 35.6 Å². The Morgan fingerprint density at radius 3 is 2.24 bits per heavy atom. The molecular weight excluding hydrogens is 312 g/mol. The third kappa shape index (κ3) is 4.10. The average Bonchev–Trinajstić information content (AvgIpc) is 2.93. The molecule has 5 heteroatoms. The number of aryl methyl sites for hydroxylation is 2. The highest BCUT2D eigenvalue weighted by atomic mass is 16.2. The SMILES string of the molecule is Cc1cc(C)n(-c2ccc(C(=O)N3CCN(CC(C)C)CC3)cc2)n1. The molecule has 3 rings (SSSR count). The van der Waals surface area contributed by atoms with Gasteiger partial charge in [-0.15, -0.1) is 0 Å². The summed E-state index contributed by atoms with van der Waals surface area (Å²) in [5.41, 5.74) is 3.83. The predicted octanol–water partition coefficient (Wildman–Crippen LogP) is 2.90. The Kier molecular flexibility index (Phi) is 5.23. The van der Waals surface area contributed by atoms with E-state index in [0.29, 0.717) is 5.92 Å². The normalized spacial score (nSPS) is 15.8. The van der Waals surface area contributed by atoms with Crippen LogP contribution in [-0.4, -0.2) is 58.2 Å². The summed E-state index contributed by atoms with van der Waals surface area (Å²) in [5.74, 6) is 0.799. The Balaban J connectivity index is 1.65. The monoisotopic (exact) mass is 340 g/mol. The molecule has 1 aliphatic rings. The van der Waals surface area contributed by atoms with E-state index < -0.39 is 0 Å². The molecule has 25 heavy (non-hydrogen) atoms. The minimum absolute atomic E-state index is 0.129. The smallest absolute Gasteiger partial charge is 0.253 e. The Hall–Kier alpha value is -2.14. The van der Waals surface area contributed by atoms with Gasteiger partial charge < -0.3 is 4.90 Å². The second-order valence-electron chi connectivity index (χ2n) is 7.37. The first-order valence-corrected chi connectivity index (χ1v) is 9.09. The molecule has 0 aliphatic carbocycles. The summed E-state index contributed by atoms with van der Waals surface area (Å²) in [7, 11) is 0. The van der Waals surface area contributed by atoms with E-state index in [4.69, 9.17) is 0 Å². The Morgan fingerprint density at radius 1 is 1.08 bits per heavy atom. The van der Waals surface area contributed by atoms with E-state index in [1.165, 1.54) is 0 Å². The minimum Gasteiger partial charge on any atom is -0.336 e. The lowest BCUT2D eigenvalue weighted by Crippen LogP contribution is -2.49. The van der Waals surface area contributed by atoms with Crippen LogP contribution in [0.5, 0.6) is 0 Å². The van der Waals surface area contributed by atoms with Crippen molar-refractivity contribution in [3.05, 3.63) is 47.3 Å². The van der Waals surface area contributed by atoms with Crippen molar-refractivity contribution in [1.29, 1.82) is 0 Å². The number of nitrogens with zero attached hydrogens (tertiary/aromatic N) is 4. The maximum absolute atomic E-state index is 12.7. The second kappa shape index (κ2) is 7.40. The summed E-state index contributed by atoms with van der Waals surface area (Å²) in [6.07, 6.45) is 0.